The molecule has 108 valence electrons. The summed E-state index contributed by atoms with van der Waals surface area (Å²) in [6, 6.07) is 4.31. The summed E-state index contributed by atoms with van der Waals surface area (Å²) in [5.74, 6) is 1.81. The van der Waals surface area contributed by atoms with Gasteiger partial charge in [0.1, 0.15) is 0 Å². The largest absolute Gasteiger partial charge is 0.354 e. The molecule has 2 rings (SSSR count). The van der Waals surface area contributed by atoms with Gasteiger partial charge in [-0.2, -0.15) is 15.0 Å². The highest BCUT2D eigenvalue weighted by Crippen LogP contribution is 2.22. The second kappa shape index (κ2) is 6.51. The van der Waals surface area contributed by atoms with Crippen molar-refractivity contribution in [1.82, 2.24) is 15.0 Å². The quantitative estimate of drug-likeness (QED) is 0.853. The fraction of sp³-hybridized carbons (Fsp3) is 0.462. The third-order valence-corrected chi connectivity index (χ3v) is 3.73. The smallest absolute Gasteiger partial charge is 0.231 e. The van der Waals surface area contributed by atoms with E-state index in [1.54, 1.807) is 11.3 Å². The fourth-order valence-corrected chi connectivity index (χ4v) is 2.40. The molecule has 1 atom stereocenters. The van der Waals surface area contributed by atoms with Gasteiger partial charge in [0.25, 0.3) is 0 Å². The van der Waals surface area contributed by atoms with Gasteiger partial charge in [-0.05, 0) is 25.3 Å². The summed E-state index contributed by atoms with van der Waals surface area (Å²) in [5, 5.41) is 8.51. The molecule has 0 fully saturated rings. The molecule has 0 aliphatic carbocycles. The van der Waals surface area contributed by atoms with Crippen molar-refractivity contribution < 1.29 is 0 Å². The lowest BCUT2D eigenvalue weighted by atomic mass is 10.3. The molecule has 20 heavy (non-hydrogen) atoms. The summed E-state index contributed by atoms with van der Waals surface area (Å²) in [6.45, 7) is 4.88. The molecular weight excluding hydrogens is 272 g/mol. The van der Waals surface area contributed by atoms with Crippen LogP contribution in [-0.2, 0) is 0 Å². The molecule has 7 heteroatoms. The molecule has 1 unspecified atom stereocenters. The first-order valence-electron chi connectivity index (χ1n) is 6.57. The lowest BCUT2D eigenvalue weighted by molar-refractivity contribution is 0.862. The Hall–Kier alpha value is -1.89. The minimum Gasteiger partial charge on any atom is -0.354 e. The van der Waals surface area contributed by atoms with Crippen LogP contribution in [0.3, 0.4) is 0 Å². The van der Waals surface area contributed by atoms with Crippen molar-refractivity contribution in [3.8, 4) is 0 Å². The second-order valence-electron chi connectivity index (χ2n) is 4.59. The van der Waals surface area contributed by atoms with E-state index in [4.69, 9.17) is 0 Å². The van der Waals surface area contributed by atoms with E-state index >= 15 is 0 Å². The van der Waals surface area contributed by atoms with E-state index in [-0.39, 0.29) is 6.04 Å². The minimum absolute atomic E-state index is 0.168. The van der Waals surface area contributed by atoms with Gasteiger partial charge >= 0.3 is 0 Å². The Balaban J connectivity index is 2.21. The highest BCUT2D eigenvalue weighted by molar-refractivity contribution is 7.10. The molecule has 0 aliphatic heterocycles. The van der Waals surface area contributed by atoms with Crippen LogP contribution >= 0.6 is 11.3 Å². The standard InChI is InChI=1S/C13H20N6S/c1-5-14-11-16-12(18-13(17-11)19(3)4)15-9(2)10-7-6-8-20-10/h6-9H,5H2,1-4H3,(H2,14,15,16,17,18). The summed E-state index contributed by atoms with van der Waals surface area (Å²) in [7, 11) is 3.83. The molecular formula is C13H20N6S. The number of anilines is 3. The van der Waals surface area contributed by atoms with Crippen molar-refractivity contribution in [2.24, 2.45) is 0 Å². The fourth-order valence-electron chi connectivity index (χ4n) is 1.67. The van der Waals surface area contributed by atoms with Crippen LogP contribution in [0.5, 0.6) is 0 Å². The molecule has 2 heterocycles. The Labute approximate surface area is 123 Å². The molecule has 0 amide bonds. The third-order valence-electron chi connectivity index (χ3n) is 2.67. The van der Waals surface area contributed by atoms with Crippen molar-refractivity contribution in [2.75, 3.05) is 36.2 Å². The first-order chi connectivity index (χ1) is 9.60. The molecule has 2 N–H and O–H groups in total. The molecule has 0 radical (unpaired) electrons. The molecule has 0 aromatic carbocycles. The maximum absolute atomic E-state index is 4.42. The summed E-state index contributed by atoms with van der Waals surface area (Å²) in [6.07, 6.45) is 0. The lowest BCUT2D eigenvalue weighted by Gasteiger charge is -2.16. The second-order valence-corrected chi connectivity index (χ2v) is 5.57. The predicted octanol–water partition coefficient (Wildman–Crippen LogP) is 2.60. The van der Waals surface area contributed by atoms with Gasteiger partial charge in [0.05, 0.1) is 6.04 Å². The van der Waals surface area contributed by atoms with Crippen LogP contribution in [0.25, 0.3) is 0 Å². The van der Waals surface area contributed by atoms with Crippen molar-refractivity contribution in [2.45, 2.75) is 19.9 Å². The zero-order chi connectivity index (χ0) is 14.5. The van der Waals surface area contributed by atoms with Crippen LogP contribution in [0.1, 0.15) is 24.8 Å². The van der Waals surface area contributed by atoms with Gasteiger partial charge in [-0.3, -0.25) is 0 Å². The summed E-state index contributed by atoms with van der Waals surface area (Å²) >= 11 is 1.72. The molecule has 0 saturated carbocycles. The molecule has 2 aromatic rings. The van der Waals surface area contributed by atoms with E-state index in [0.717, 1.165) is 6.54 Å². The summed E-state index contributed by atoms with van der Waals surface area (Å²) < 4.78 is 0. The monoisotopic (exact) mass is 292 g/mol. The van der Waals surface area contributed by atoms with Crippen LogP contribution in [0.15, 0.2) is 17.5 Å². The number of hydrogen-bond acceptors (Lipinski definition) is 7. The molecule has 0 saturated heterocycles. The van der Waals surface area contributed by atoms with Crippen molar-refractivity contribution in [3.63, 3.8) is 0 Å². The zero-order valence-corrected chi connectivity index (χ0v) is 13.0. The van der Waals surface area contributed by atoms with Gasteiger partial charge in [0.2, 0.25) is 17.8 Å². The number of aromatic nitrogens is 3. The predicted molar refractivity (Wildman–Crippen MR) is 84.7 cm³/mol. The van der Waals surface area contributed by atoms with Gasteiger partial charge in [0.15, 0.2) is 0 Å². The topological polar surface area (TPSA) is 66.0 Å². The Morgan fingerprint density at radius 3 is 2.60 bits per heavy atom. The average Bonchev–Trinajstić information content (AvgIpc) is 2.92. The van der Waals surface area contributed by atoms with Gasteiger partial charge in [-0.1, -0.05) is 6.07 Å². The maximum atomic E-state index is 4.42. The Kier molecular flexibility index (Phi) is 4.73. The summed E-state index contributed by atoms with van der Waals surface area (Å²) in [4.78, 5) is 16.3. The van der Waals surface area contributed by atoms with E-state index in [9.17, 15) is 0 Å². The van der Waals surface area contributed by atoms with Gasteiger partial charge in [-0.25, -0.2) is 0 Å². The number of hydrogen-bond donors (Lipinski definition) is 2. The molecule has 2 aromatic heterocycles. The van der Waals surface area contributed by atoms with Gasteiger partial charge in [0, 0.05) is 25.5 Å². The zero-order valence-electron chi connectivity index (χ0n) is 12.2. The van der Waals surface area contributed by atoms with Gasteiger partial charge < -0.3 is 15.5 Å². The van der Waals surface area contributed by atoms with Crippen LogP contribution in [0.4, 0.5) is 17.8 Å². The number of rotatable bonds is 6. The first kappa shape index (κ1) is 14.5. The van der Waals surface area contributed by atoms with Gasteiger partial charge in [-0.15, -0.1) is 11.3 Å². The average molecular weight is 292 g/mol. The highest BCUT2D eigenvalue weighted by Gasteiger charge is 2.11. The van der Waals surface area contributed by atoms with Crippen LogP contribution in [0.2, 0.25) is 0 Å². The Morgan fingerprint density at radius 1 is 1.25 bits per heavy atom. The lowest BCUT2D eigenvalue weighted by Crippen LogP contribution is -2.18. The SMILES string of the molecule is CCNc1nc(NC(C)c2cccs2)nc(N(C)C)n1. The molecule has 0 aliphatic rings. The Bertz CT molecular complexity index is 540. The molecule has 6 nitrogen and oxygen atoms in total. The molecule has 0 spiro atoms. The Morgan fingerprint density at radius 2 is 2.00 bits per heavy atom. The first-order valence-corrected chi connectivity index (χ1v) is 7.45. The maximum Gasteiger partial charge on any atom is 0.231 e. The van der Waals surface area contributed by atoms with E-state index in [1.807, 2.05) is 32.0 Å². The van der Waals surface area contributed by atoms with Crippen LogP contribution < -0.4 is 15.5 Å². The van der Waals surface area contributed by atoms with Crippen LogP contribution in [0, 0.1) is 0 Å². The van der Waals surface area contributed by atoms with E-state index < -0.39 is 0 Å². The van der Waals surface area contributed by atoms with Crippen molar-refractivity contribution in [3.05, 3.63) is 22.4 Å². The third kappa shape index (κ3) is 3.57. The summed E-state index contributed by atoms with van der Waals surface area (Å²) in [5.41, 5.74) is 0. The van der Waals surface area contributed by atoms with Crippen molar-refractivity contribution >= 4 is 29.2 Å². The number of nitrogens with one attached hydrogen (secondary N) is 2. The highest BCUT2D eigenvalue weighted by atomic mass is 32.1. The van der Waals surface area contributed by atoms with E-state index in [0.29, 0.717) is 17.8 Å². The van der Waals surface area contributed by atoms with E-state index in [1.165, 1.54) is 4.88 Å². The number of nitrogens with zero attached hydrogens (tertiary/aromatic N) is 4. The minimum atomic E-state index is 0.168. The van der Waals surface area contributed by atoms with Crippen molar-refractivity contribution in [1.29, 1.82) is 0 Å². The molecule has 0 bridgehead atoms. The normalized spacial score (nSPS) is 12.0. The number of thiophene rings is 1. The van der Waals surface area contributed by atoms with E-state index in [2.05, 4.69) is 44.0 Å². The van der Waals surface area contributed by atoms with Crippen LogP contribution in [-0.4, -0.2) is 35.6 Å².